The third-order valence-electron chi connectivity index (χ3n) is 3.36. The van der Waals surface area contributed by atoms with E-state index in [1.807, 2.05) is 18.7 Å². The van der Waals surface area contributed by atoms with Crippen LogP contribution < -0.4 is 5.32 Å². The van der Waals surface area contributed by atoms with Crippen LogP contribution in [0.1, 0.15) is 33.1 Å². The molecular weight excluding hydrogens is 204 g/mol. The Hall–Kier alpha value is -0.610. The van der Waals surface area contributed by atoms with Gasteiger partial charge in [-0.1, -0.05) is 0 Å². The van der Waals surface area contributed by atoms with Gasteiger partial charge in [0.25, 0.3) is 0 Å². The highest BCUT2D eigenvalue weighted by Crippen LogP contribution is 2.08. The molecule has 0 bridgehead atoms. The van der Waals surface area contributed by atoms with E-state index < -0.39 is 0 Å². The number of piperidine rings is 1. The molecule has 1 N–H and O–H groups in total. The molecule has 1 saturated heterocycles. The number of nitrogens with zero attached hydrogens (tertiary/aromatic N) is 1. The van der Waals surface area contributed by atoms with Gasteiger partial charge in [0.2, 0.25) is 5.91 Å². The molecule has 0 aromatic carbocycles. The predicted octanol–water partition coefficient (Wildman–Crippen LogP) is 1.01. The molecule has 1 aliphatic heterocycles. The number of hydrogen-bond acceptors (Lipinski definition) is 3. The first-order chi connectivity index (χ1) is 7.65. The molecular formula is C12H24N2O2. The standard InChI is InChI=1S/C12H24N2O2/c1-10(11(2)16-3)13-9-12(15)14-7-5-4-6-8-14/h10-11,13H,4-9H2,1-3H3. The lowest BCUT2D eigenvalue weighted by Crippen LogP contribution is -2.45. The lowest BCUT2D eigenvalue weighted by atomic mass is 10.1. The van der Waals surface area contributed by atoms with Crippen LogP contribution in [0, 0.1) is 0 Å². The van der Waals surface area contributed by atoms with Crippen LogP contribution in [0.2, 0.25) is 0 Å². The Kier molecular flexibility index (Phi) is 5.77. The third kappa shape index (κ3) is 4.10. The van der Waals surface area contributed by atoms with E-state index in [1.54, 1.807) is 7.11 Å². The Morgan fingerprint density at radius 3 is 2.50 bits per heavy atom. The van der Waals surface area contributed by atoms with Gasteiger partial charge in [-0.25, -0.2) is 0 Å². The van der Waals surface area contributed by atoms with Gasteiger partial charge in [0.1, 0.15) is 0 Å². The maximum absolute atomic E-state index is 11.8. The van der Waals surface area contributed by atoms with E-state index in [2.05, 4.69) is 5.32 Å². The summed E-state index contributed by atoms with van der Waals surface area (Å²) in [6.45, 7) is 6.32. The molecule has 2 atom stereocenters. The summed E-state index contributed by atoms with van der Waals surface area (Å²) in [5.41, 5.74) is 0. The molecule has 16 heavy (non-hydrogen) atoms. The van der Waals surface area contributed by atoms with Crippen LogP contribution >= 0.6 is 0 Å². The molecule has 1 aliphatic rings. The molecule has 1 amide bonds. The van der Waals surface area contributed by atoms with E-state index in [0.29, 0.717) is 6.54 Å². The maximum atomic E-state index is 11.8. The first kappa shape index (κ1) is 13.5. The molecule has 1 heterocycles. The van der Waals surface area contributed by atoms with E-state index in [-0.39, 0.29) is 18.1 Å². The average molecular weight is 228 g/mol. The number of carbonyl (C=O) groups excluding carboxylic acids is 1. The van der Waals surface area contributed by atoms with Crippen molar-refractivity contribution in [1.82, 2.24) is 10.2 Å². The summed E-state index contributed by atoms with van der Waals surface area (Å²) >= 11 is 0. The molecule has 94 valence electrons. The van der Waals surface area contributed by atoms with Gasteiger partial charge in [-0.05, 0) is 33.1 Å². The van der Waals surface area contributed by atoms with Crippen molar-refractivity contribution in [3.8, 4) is 0 Å². The number of carbonyl (C=O) groups is 1. The average Bonchev–Trinajstić information content (AvgIpc) is 2.35. The highest BCUT2D eigenvalue weighted by molar-refractivity contribution is 5.78. The van der Waals surface area contributed by atoms with Crippen molar-refractivity contribution in [2.24, 2.45) is 0 Å². The molecule has 0 aromatic rings. The zero-order chi connectivity index (χ0) is 12.0. The number of likely N-dealkylation sites (tertiary alicyclic amines) is 1. The van der Waals surface area contributed by atoms with E-state index in [1.165, 1.54) is 6.42 Å². The molecule has 0 aliphatic carbocycles. The Bertz CT molecular complexity index is 215. The smallest absolute Gasteiger partial charge is 0.236 e. The lowest BCUT2D eigenvalue weighted by Gasteiger charge is -2.28. The fourth-order valence-corrected chi connectivity index (χ4v) is 1.87. The number of rotatable bonds is 5. The van der Waals surface area contributed by atoms with Crippen LogP contribution in [0.25, 0.3) is 0 Å². The zero-order valence-corrected chi connectivity index (χ0v) is 10.7. The van der Waals surface area contributed by atoms with Crippen LogP contribution in [0.4, 0.5) is 0 Å². The zero-order valence-electron chi connectivity index (χ0n) is 10.7. The van der Waals surface area contributed by atoms with E-state index in [0.717, 1.165) is 25.9 Å². The maximum Gasteiger partial charge on any atom is 0.236 e. The van der Waals surface area contributed by atoms with Crippen LogP contribution in [0.5, 0.6) is 0 Å². The summed E-state index contributed by atoms with van der Waals surface area (Å²) < 4.78 is 5.20. The Morgan fingerprint density at radius 2 is 1.94 bits per heavy atom. The second-order valence-electron chi connectivity index (χ2n) is 4.55. The van der Waals surface area contributed by atoms with Gasteiger partial charge in [-0.15, -0.1) is 0 Å². The summed E-state index contributed by atoms with van der Waals surface area (Å²) in [6, 6.07) is 0.207. The third-order valence-corrected chi connectivity index (χ3v) is 3.36. The van der Waals surface area contributed by atoms with E-state index in [9.17, 15) is 4.79 Å². The van der Waals surface area contributed by atoms with E-state index >= 15 is 0 Å². The minimum atomic E-state index is 0.133. The first-order valence-electron chi connectivity index (χ1n) is 6.19. The summed E-state index contributed by atoms with van der Waals surface area (Å²) in [5.74, 6) is 0.217. The predicted molar refractivity (Wildman–Crippen MR) is 64.4 cm³/mol. The molecule has 0 aromatic heterocycles. The first-order valence-corrected chi connectivity index (χ1v) is 6.19. The largest absolute Gasteiger partial charge is 0.380 e. The molecule has 0 radical (unpaired) electrons. The highest BCUT2D eigenvalue weighted by Gasteiger charge is 2.18. The number of amides is 1. The van der Waals surface area contributed by atoms with Crippen molar-refractivity contribution < 1.29 is 9.53 Å². The number of nitrogens with one attached hydrogen (secondary N) is 1. The minimum Gasteiger partial charge on any atom is -0.380 e. The van der Waals surface area contributed by atoms with Gasteiger partial charge in [-0.3, -0.25) is 4.79 Å². The summed E-state index contributed by atoms with van der Waals surface area (Å²) in [5, 5.41) is 3.21. The molecule has 1 rings (SSSR count). The van der Waals surface area contributed by atoms with Crippen molar-refractivity contribution in [1.29, 1.82) is 0 Å². The van der Waals surface area contributed by atoms with Gasteiger partial charge in [0, 0.05) is 26.2 Å². The monoisotopic (exact) mass is 228 g/mol. The number of ether oxygens (including phenoxy) is 1. The highest BCUT2D eigenvalue weighted by atomic mass is 16.5. The molecule has 2 unspecified atom stereocenters. The van der Waals surface area contributed by atoms with Gasteiger partial charge in [-0.2, -0.15) is 0 Å². The number of hydrogen-bond donors (Lipinski definition) is 1. The quantitative estimate of drug-likeness (QED) is 0.763. The van der Waals surface area contributed by atoms with Crippen molar-refractivity contribution in [2.75, 3.05) is 26.7 Å². The van der Waals surface area contributed by atoms with Crippen molar-refractivity contribution in [2.45, 2.75) is 45.3 Å². The molecule has 4 heteroatoms. The number of methoxy groups -OCH3 is 1. The fourth-order valence-electron chi connectivity index (χ4n) is 1.87. The minimum absolute atomic E-state index is 0.133. The van der Waals surface area contributed by atoms with Gasteiger partial charge in [0.05, 0.1) is 12.6 Å². The summed E-state index contributed by atoms with van der Waals surface area (Å²) in [6.07, 6.45) is 3.69. The normalized spacial score (nSPS) is 20.6. The van der Waals surface area contributed by atoms with Crippen LogP contribution in [0.15, 0.2) is 0 Å². The second kappa shape index (κ2) is 6.86. The Labute approximate surface area is 98.3 Å². The second-order valence-corrected chi connectivity index (χ2v) is 4.55. The van der Waals surface area contributed by atoms with Crippen LogP contribution in [0.3, 0.4) is 0 Å². The summed E-state index contributed by atoms with van der Waals surface area (Å²) in [7, 11) is 1.69. The molecule has 4 nitrogen and oxygen atoms in total. The SMILES string of the molecule is COC(C)C(C)NCC(=O)N1CCCCC1. The molecule has 1 fully saturated rings. The van der Waals surface area contributed by atoms with Crippen molar-refractivity contribution in [3.63, 3.8) is 0 Å². The van der Waals surface area contributed by atoms with Gasteiger partial charge >= 0.3 is 0 Å². The summed E-state index contributed by atoms with van der Waals surface area (Å²) in [4.78, 5) is 13.8. The molecule has 0 saturated carbocycles. The van der Waals surface area contributed by atoms with Crippen LogP contribution in [-0.4, -0.2) is 49.7 Å². The van der Waals surface area contributed by atoms with Crippen molar-refractivity contribution >= 4 is 5.91 Å². The van der Waals surface area contributed by atoms with Crippen LogP contribution in [-0.2, 0) is 9.53 Å². The Balaban J connectivity index is 2.23. The van der Waals surface area contributed by atoms with Gasteiger partial charge in [0.15, 0.2) is 0 Å². The van der Waals surface area contributed by atoms with E-state index in [4.69, 9.17) is 4.74 Å². The van der Waals surface area contributed by atoms with Crippen molar-refractivity contribution in [3.05, 3.63) is 0 Å². The lowest BCUT2D eigenvalue weighted by molar-refractivity contribution is -0.131. The fraction of sp³-hybridized carbons (Fsp3) is 0.917. The topological polar surface area (TPSA) is 41.6 Å². The van der Waals surface area contributed by atoms with Gasteiger partial charge < -0.3 is 15.0 Å². The molecule has 0 spiro atoms. The Morgan fingerprint density at radius 1 is 1.31 bits per heavy atom.